The summed E-state index contributed by atoms with van der Waals surface area (Å²) in [7, 11) is 0. The van der Waals surface area contributed by atoms with E-state index in [1.54, 1.807) is 6.26 Å². The van der Waals surface area contributed by atoms with Crippen LogP contribution in [0.15, 0.2) is 52.1 Å². The topological polar surface area (TPSA) is 56.0 Å². The van der Waals surface area contributed by atoms with Crippen LogP contribution < -0.4 is 10.6 Å². The summed E-state index contributed by atoms with van der Waals surface area (Å²) < 4.78 is 5.40. The van der Waals surface area contributed by atoms with E-state index in [0.717, 1.165) is 57.4 Å². The first-order chi connectivity index (χ1) is 14.3. The molecule has 0 unspecified atom stereocenters. The quantitative estimate of drug-likeness (QED) is 0.503. The van der Waals surface area contributed by atoms with Gasteiger partial charge < -0.3 is 20.0 Å². The number of hydrogen-bond donors (Lipinski definition) is 2. The van der Waals surface area contributed by atoms with Gasteiger partial charge in [-0.2, -0.15) is 0 Å². The summed E-state index contributed by atoms with van der Waals surface area (Å²) in [4.78, 5) is 9.89. The van der Waals surface area contributed by atoms with Crippen LogP contribution in [-0.4, -0.2) is 61.6 Å². The van der Waals surface area contributed by atoms with E-state index in [0.29, 0.717) is 6.54 Å². The van der Waals surface area contributed by atoms with Crippen molar-refractivity contribution in [2.45, 2.75) is 33.4 Å². The number of benzene rings is 1. The van der Waals surface area contributed by atoms with Crippen LogP contribution in [0.4, 0.5) is 0 Å². The van der Waals surface area contributed by atoms with Gasteiger partial charge >= 0.3 is 0 Å². The molecular formula is C23H35N5O. The molecule has 3 rings (SSSR count). The molecule has 0 radical (unpaired) electrons. The lowest BCUT2D eigenvalue weighted by Crippen LogP contribution is -2.45. The molecule has 1 fully saturated rings. The molecule has 6 heteroatoms. The highest BCUT2D eigenvalue weighted by Crippen LogP contribution is 2.14. The van der Waals surface area contributed by atoms with Crippen LogP contribution in [0.2, 0.25) is 0 Å². The van der Waals surface area contributed by atoms with Gasteiger partial charge in [-0.3, -0.25) is 4.90 Å². The summed E-state index contributed by atoms with van der Waals surface area (Å²) in [5, 5.41) is 6.74. The monoisotopic (exact) mass is 397 g/mol. The molecule has 2 N–H and O–H groups in total. The number of hydrogen-bond acceptors (Lipinski definition) is 4. The van der Waals surface area contributed by atoms with Crippen molar-refractivity contribution in [2.24, 2.45) is 4.99 Å². The molecule has 2 heterocycles. The van der Waals surface area contributed by atoms with Crippen LogP contribution >= 0.6 is 0 Å². The zero-order chi connectivity index (χ0) is 20.3. The Morgan fingerprint density at radius 1 is 0.966 bits per heavy atom. The van der Waals surface area contributed by atoms with Gasteiger partial charge in [0.25, 0.3) is 0 Å². The second-order valence-corrected chi connectivity index (χ2v) is 7.43. The van der Waals surface area contributed by atoms with Crippen LogP contribution in [0.3, 0.4) is 0 Å². The molecule has 29 heavy (non-hydrogen) atoms. The second-order valence-electron chi connectivity index (χ2n) is 7.43. The highest BCUT2D eigenvalue weighted by Gasteiger charge is 2.16. The summed E-state index contributed by atoms with van der Waals surface area (Å²) >= 11 is 0. The van der Waals surface area contributed by atoms with Crippen molar-refractivity contribution in [3.05, 3.63) is 59.5 Å². The molecule has 6 nitrogen and oxygen atoms in total. The third-order valence-corrected chi connectivity index (χ3v) is 5.42. The van der Waals surface area contributed by atoms with Gasteiger partial charge in [-0.15, -0.1) is 0 Å². The average Bonchev–Trinajstić information content (AvgIpc) is 3.27. The lowest BCUT2D eigenvalue weighted by molar-refractivity contribution is 0.131. The van der Waals surface area contributed by atoms with E-state index in [9.17, 15) is 0 Å². The normalized spacial score (nSPS) is 16.1. The number of guanidine groups is 1. The largest absolute Gasteiger partial charge is 0.469 e. The Hall–Kier alpha value is -2.31. The number of furan rings is 1. The second kappa shape index (κ2) is 11.6. The maximum Gasteiger partial charge on any atom is 0.191 e. The van der Waals surface area contributed by atoms with Gasteiger partial charge in [0.1, 0.15) is 5.76 Å². The molecule has 0 aliphatic carbocycles. The molecule has 158 valence electrons. The third kappa shape index (κ3) is 6.91. The minimum atomic E-state index is 0.682. The minimum Gasteiger partial charge on any atom is -0.469 e. The fraction of sp³-hybridized carbons (Fsp3) is 0.522. The number of piperazine rings is 1. The average molecular weight is 398 g/mol. The molecule has 0 bridgehead atoms. The highest BCUT2D eigenvalue weighted by atomic mass is 16.3. The Labute approximate surface area is 175 Å². The van der Waals surface area contributed by atoms with Gasteiger partial charge in [-0.05, 0) is 36.7 Å². The van der Waals surface area contributed by atoms with E-state index in [-0.39, 0.29) is 0 Å². The molecule has 0 amide bonds. The van der Waals surface area contributed by atoms with Crippen molar-refractivity contribution < 1.29 is 4.42 Å². The molecule has 0 atom stereocenters. The molecule has 1 aliphatic rings. The zero-order valence-electron chi connectivity index (χ0n) is 17.9. The van der Waals surface area contributed by atoms with E-state index in [4.69, 9.17) is 9.41 Å². The van der Waals surface area contributed by atoms with Crippen LogP contribution in [-0.2, 0) is 19.5 Å². The molecular weight excluding hydrogens is 362 g/mol. The molecule has 1 aromatic heterocycles. The van der Waals surface area contributed by atoms with E-state index in [1.165, 1.54) is 24.2 Å². The lowest BCUT2D eigenvalue weighted by Gasteiger charge is -2.34. The van der Waals surface area contributed by atoms with Crippen LogP contribution in [0.25, 0.3) is 0 Å². The smallest absolute Gasteiger partial charge is 0.191 e. The van der Waals surface area contributed by atoms with Gasteiger partial charge in [-0.1, -0.05) is 31.2 Å². The zero-order valence-corrected chi connectivity index (χ0v) is 17.9. The Balaban J connectivity index is 1.55. The van der Waals surface area contributed by atoms with Crippen LogP contribution in [0, 0.1) is 0 Å². The Morgan fingerprint density at radius 2 is 1.72 bits per heavy atom. The number of likely N-dealkylation sites (N-methyl/N-ethyl adjacent to an activating group) is 1. The Morgan fingerprint density at radius 3 is 2.41 bits per heavy atom. The van der Waals surface area contributed by atoms with Crippen molar-refractivity contribution in [2.75, 3.05) is 45.8 Å². The molecule has 1 aliphatic heterocycles. The van der Waals surface area contributed by atoms with Crippen LogP contribution in [0.1, 0.15) is 30.7 Å². The maximum atomic E-state index is 5.40. The minimum absolute atomic E-state index is 0.682. The summed E-state index contributed by atoms with van der Waals surface area (Å²) in [6, 6.07) is 12.6. The molecule has 0 saturated carbocycles. The molecule has 0 spiro atoms. The summed E-state index contributed by atoms with van der Waals surface area (Å²) in [5.41, 5.74) is 2.68. The summed E-state index contributed by atoms with van der Waals surface area (Å²) in [6.07, 6.45) is 2.56. The standard InChI is InChI=1S/C23H35N5O/c1-3-24-23(25-12-11-22-10-7-17-29-22)26-18-20-8-5-6-9-21(20)19-28-15-13-27(4-2)14-16-28/h5-10,17H,3-4,11-16,18-19H2,1-2H3,(H2,24,25,26). The first-order valence-electron chi connectivity index (χ1n) is 10.8. The number of nitrogens with zero attached hydrogens (tertiary/aromatic N) is 3. The number of nitrogens with one attached hydrogen (secondary N) is 2. The van der Waals surface area contributed by atoms with E-state index < -0.39 is 0 Å². The van der Waals surface area contributed by atoms with E-state index in [1.807, 2.05) is 12.1 Å². The predicted molar refractivity (Wildman–Crippen MR) is 119 cm³/mol. The van der Waals surface area contributed by atoms with Crippen LogP contribution in [0.5, 0.6) is 0 Å². The Bertz CT molecular complexity index is 735. The van der Waals surface area contributed by atoms with Gasteiger partial charge in [0.05, 0.1) is 12.8 Å². The van der Waals surface area contributed by atoms with Gasteiger partial charge in [0.15, 0.2) is 5.96 Å². The fourth-order valence-electron chi connectivity index (χ4n) is 3.64. The summed E-state index contributed by atoms with van der Waals surface area (Å²) in [5.74, 6) is 1.84. The fourth-order valence-corrected chi connectivity index (χ4v) is 3.64. The number of rotatable bonds is 9. The maximum absolute atomic E-state index is 5.40. The molecule has 1 saturated heterocycles. The SMILES string of the molecule is CCNC(=NCc1ccccc1CN1CCN(CC)CC1)NCCc1ccco1. The van der Waals surface area contributed by atoms with Gasteiger partial charge in [0, 0.05) is 52.2 Å². The predicted octanol–water partition coefficient (Wildman–Crippen LogP) is 2.71. The highest BCUT2D eigenvalue weighted by molar-refractivity contribution is 5.79. The number of aliphatic imine (C=N–C) groups is 1. The van der Waals surface area contributed by atoms with Gasteiger partial charge in [0.2, 0.25) is 0 Å². The summed E-state index contributed by atoms with van der Waals surface area (Å²) in [6.45, 7) is 13.4. The van der Waals surface area contributed by atoms with Crippen molar-refractivity contribution in [1.29, 1.82) is 0 Å². The lowest BCUT2D eigenvalue weighted by atomic mass is 10.1. The first kappa shape index (κ1) is 21.4. The van der Waals surface area contributed by atoms with Gasteiger partial charge in [-0.25, -0.2) is 4.99 Å². The molecule has 1 aromatic carbocycles. The van der Waals surface area contributed by atoms with E-state index in [2.05, 4.69) is 58.5 Å². The van der Waals surface area contributed by atoms with E-state index >= 15 is 0 Å². The first-order valence-corrected chi connectivity index (χ1v) is 10.8. The van der Waals surface area contributed by atoms with Crippen molar-refractivity contribution in [1.82, 2.24) is 20.4 Å². The Kier molecular flexibility index (Phi) is 8.58. The van der Waals surface area contributed by atoms with Crippen molar-refractivity contribution >= 4 is 5.96 Å². The van der Waals surface area contributed by atoms with Crippen molar-refractivity contribution in [3.63, 3.8) is 0 Å². The molecule has 2 aromatic rings. The van der Waals surface area contributed by atoms with Crippen molar-refractivity contribution in [3.8, 4) is 0 Å². The third-order valence-electron chi connectivity index (χ3n) is 5.42.